The highest BCUT2D eigenvalue weighted by Gasteiger charge is 2.11. The molecule has 0 radical (unpaired) electrons. The van der Waals surface area contributed by atoms with Crippen LogP contribution in [0.5, 0.6) is 11.5 Å². The second kappa shape index (κ2) is 6.19. The molecule has 0 fully saturated rings. The summed E-state index contributed by atoms with van der Waals surface area (Å²) in [4.78, 5) is 11.5. The molecule has 0 aromatic heterocycles. The van der Waals surface area contributed by atoms with Crippen molar-refractivity contribution in [2.45, 2.75) is 13.5 Å². The highest BCUT2D eigenvalue weighted by Crippen LogP contribution is 2.24. The summed E-state index contributed by atoms with van der Waals surface area (Å²) >= 11 is 0. The second-order valence-corrected chi connectivity index (χ2v) is 4.30. The Morgan fingerprint density at radius 1 is 1.15 bits per heavy atom. The number of ketones is 1. The van der Waals surface area contributed by atoms with Crippen molar-refractivity contribution in [2.24, 2.45) is 0 Å². The number of carbonyl (C=O) groups excluding carboxylic acids is 1. The van der Waals surface area contributed by atoms with Crippen molar-refractivity contribution in [3.8, 4) is 11.5 Å². The zero-order chi connectivity index (χ0) is 14.5. The summed E-state index contributed by atoms with van der Waals surface area (Å²) in [6, 6.07) is 11.3. The molecule has 0 aliphatic carbocycles. The zero-order valence-corrected chi connectivity index (χ0v) is 11.4. The van der Waals surface area contributed by atoms with Crippen molar-refractivity contribution < 1.29 is 18.7 Å². The Bertz CT molecular complexity index is 623. The molecule has 2 aromatic rings. The van der Waals surface area contributed by atoms with Gasteiger partial charge in [-0.15, -0.1) is 0 Å². The molecule has 0 aliphatic heterocycles. The monoisotopic (exact) mass is 274 g/mol. The number of hydrogen-bond donors (Lipinski definition) is 0. The van der Waals surface area contributed by atoms with Crippen LogP contribution in [0.25, 0.3) is 0 Å². The van der Waals surface area contributed by atoms with Crippen molar-refractivity contribution in [1.82, 2.24) is 0 Å². The van der Waals surface area contributed by atoms with Crippen molar-refractivity contribution in [3.05, 3.63) is 59.4 Å². The molecule has 2 aromatic carbocycles. The summed E-state index contributed by atoms with van der Waals surface area (Å²) in [6.07, 6.45) is 0. The average molecular weight is 274 g/mol. The van der Waals surface area contributed by atoms with Crippen LogP contribution in [0.15, 0.2) is 42.5 Å². The summed E-state index contributed by atoms with van der Waals surface area (Å²) in [5.74, 6) is 0.321. The van der Waals surface area contributed by atoms with Crippen LogP contribution in [-0.4, -0.2) is 12.9 Å². The Morgan fingerprint density at radius 2 is 1.90 bits per heavy atom. The Kier molecular flexibility index (Phi) is 4.35. The Morgan fingerprint density at radius 3 is 2.60 bits per heavy atom. The van der Waals surface area contributed by atoms with Crippen LogP contribution in [0.2, 0.25) is 0 Å². The molecule has 0 amide bonds. The van der Waals surface area contributed by atoms with E-state index in [4.69, 9.17) is 9.47 Å². The lowest BCUT2D eigenvalue weighted by molar-refractivity contribution is 0.101. The number of ether oxygens (including phenoxy) is 2. The largest absolute Gasteiger partial charge is 0.496 e. The number of methoxy groups -OCH3 is 1. The molecule has 0 bridgehead atoms. The third-order valence-electron chi connectivity index (χ3n) is 2.90. The van der Waals surface area contributed by atoms with E-state index in [1.165, 1.54) is 25.1 Å². The van der Waals surface area contributed by atoms with Gasteiger partial charge in [-0.3, -0.25) is 4.79 Å². The molecule has 0 spiro atoms. The first-order chi connectivity index (χ1) is 9.61. The minimum atomic E-state index is -0.440. The standard InChI is InChI=1S/C16H15FO3/c1-11(18)14-8-7-13(17)9-16(14)20-10-12-5-3-4-6-15(12)19-2/h3-9H,10H2,1-2H3. The molecule has 0 saturated carbocycles. The number of halogens is 1. The molecule has 0 aliphatic rings. The molecule has 20 heavy (non-hydrogen) atoms. The third-order valence-corrected chi connectivity index (χ3v) is 2.90. The second-order valence-electron chi connectivity index (χ2n) is 4.30. The van der Waals surface area contributed by atoms with Crippen LogP contribution in [-0.2, 0) is 6.61 Å². The van der Waals surface area contributed by atoms with Gasteiger partial charge in [-0.25, -0.2) is 4.39 Å². The van der Waals surface area contributed by atoms with Crippen molar-refractivity contribution in [1.29, 1.82) is 0 Å². The Hall–Kier alpha value is -2.36. The maximum atomic E-state index is 13.3. The van der Waals surface area contributed by atoms with Gasteiger partial charge in [0.25, 0.3) is 0 Å². The average Bonchev–Trinajstić information content (AvgIpc) is 2.45. The van der Waals surface area contributed by atoms with E-state index in [1.54, 1.807) is 7.11 Å². The van der Waals surface area contributed by atoms with E-state index in [2.05, 4.69) is 0 Å². The molecule has 0 saturated heterocycles. The van der Waals surface area contributed by atoms with Gasteiger partial charge >= 0.3 is 0 Å². The van der Waals surface area contributed by atoms with E-state index < -0.39 is 5.82 Å². The van der Waals surface area contributed by atoms with Gasteiger partial charge < -0.3 is 9.47 Å². The summed E-state index contributed by atoms with van der Waals surface area (Å²) < 4.78 is 24.0. The number of para-hydroxylation sites is 1. The first kappa shape index (κ1) is 14.1. The maximum absolute atomic E-state index is 13.3. The quantitative estimate of drug-likeness (QED) is 0.781. The van der Waals surface area contributed by atoms with Crippen LogP contribution >= 0.6 is 0 Å². The molecule has 4 heteroatoms. The van der Waals surface area contributed by atoms with E-state index in [0.29, 0.717) is 11.3 Å². The summed E-state index contributed by atoms with van der Waals surface area (Å²) in [5.41, 5.74) is 1.19. The lowest BCUT2D eigenvalue weighted by Crippen LogP contribution is -2.03. The van der Waals surface area contributed by atoms with Crippen LogP contribution in [0.1, 0.15) is 22.8 Å². The smallest absolute Gasteiger partial charge is 0.163 e. The van der Waals surface area contributed by atoms with Gasteiger partial charge in [0.15, 0.2) is 5.78 Å². The molecule has 0 N–H and O–H groups in total. The molecular formula is C16H15FO3. The Balaban J connectivity index is 2.22. The molecule has 0 unspecified atom stereocenters. The number of benzene rings is 2. The molecular weight excluding hydrogens is 259 g/mol. The Labute approximate surface area is 117 Å². The van der Waals surface area contributed by atoms with Crippen LogP contribution in [0.3, 0.4) is 0 Å². The first-order valence-corrected chi connectivity index (χ1v) is 6.17. The van der Waals surface area contributed by atoms with Gasteiger partial charge in [0, 0.05) is 11.6 Å². The topological polar surface area (TPSA) is 35.5 Å². The number of Topliss-reactive ketones (excluding diaryl/α,β-unsaturated/α-hetero) is 1. The predicted octanol–water partition coefficient (Wildman–Crippen LogP) is 3.62. The van der Waals surface area contributed by atoms with Gasteiger partial charge in [-0.1, -0.05) is 18.2 Å². The highest BCUT2D eigenvalue weighted by atomic mass is 19.1. The molecule has 104 valence electrons. The highest BCUT2D eigenvalue weighted by molar-refractivity contribution is 5.96. The van der Waals surface area contributed by atoms with E-state index in [0.717, 1.165) is 5.56 Å². The number of rotatable bonds is 5. The third kappa shape index (κ3) is 3.15. The van der Waals surface area contributed by atoms with Gasteiger partial charge in [-0.2, -0.15) is 0 Å². The fourth-order valence-electron chi connectivity index (χ4n) is 1.88. The van der Waals surface area contributed by atoms with Crippen LogP contribution in [0.4, 0.5) is 4.39 Å². The molecule has 0 atom stereocenters. The zero-order valence-electron chi connectivity index (χ0n) is 11.4. The maximum Gasteiger partial charge on any atom is 0.163 e. The van der Waals surface area contributed by atoms with Crippen LogP contribution < -0.4 is 9.47 Å². The van der Waals surface area contributed by atoms with Gasteiger partial charge in [0.1, 0.15) is 23.9 Å². The lowest BCUT2D eigenvalue weighted by Gasteiger charge is -2.12. The van der Waals surface area contributed by atoms with Gasteiger partial charge in [0.2, 0.25) is 0 Å². The summed E-state index contributed by atoms with van der Waals surface area (Å²) in [7, 11) is 1.57. The van der Waals surface area contributed by atoms with E-state index >= 15 is 0 Å². The molecule has 3 nitrogen and oxygen atoms in total. The minimum Gasteiger partial charge on any atom is -0.496 e. The fraction of sp³-hybridized carbons (Fsp3) is 0.188. The van der Waals surface area contributed by atoms with Gasteiger partial charge in [0.05, 0.1) is 12.7 Å². The predicted molar refractivity (Wildman–Crippen MR) is 73.7 cm³/mol. The van der Waals surface area contributed by atoms with Crippen molar-refractivity contribution in [3.63, 3.8) is 0 Å². The van der Waals surface area contributed by atoms with Crippen LogP contribution in [0, 0.1) is 5.82 Å². The number of carbonyl (C=O) groups is 1. The van der Waals surface area contributed by atoms with Crippen molar-refractivity contribution in [2.75, 3.05) is 7.11 Å². The lowest BCUT2D eigenvalue weighted by atomic mass is 10.1. The minimum absolute atomic E-state index is 0.167. The van der Waals surface area contributed by atoms with E-state index in [9.17, 15) is 9.18 Å². The van der Waals surface area contributed by atoms with Gasteiger partial charge in [-0.05, 0) is 25.1 Å². The first-order valence-electron chi connectivity index (χ1n) is 6.17. The van der Waals surface area contributed by atoms with E-state index in [-0.39, 0.29) is 18.1 Å². The van der Waals surface area contributed by atoms with Crippen molar-refractivity contribution >= 4 is 5.78 Å². The molecule has 0 heterocycles. The normalized spacial score (nSPS) is 10.2. The summed E-state index contributed by atoms with van der Waals surface area (Å²) in [6.45, 7) is 1.62. The molecule has 2 rings (SSSR count). The fourth-order valence-corrected chi connectivity index (χ4v) is 1.88. The summed E-state index contributed by atoms with van der Waals surface area (Å²) in [5, 5.41) is 0. The van der Waals surface area contributed by atoms with E-state index in [1.807, 2.05) is 24.3 Å². The number of hydrogen-bond acceptors (Lipinski definition) is 3. The SMILES string of the molecule is COc1ccccc1COc1cc(F)ccc1C(C)=O.